The van der Waals surface area contributed by atoms with Gasteiger partial charge in [0, 0.05) is 0 Å². The predicted octanol–water partition coefficient (Wildman–Crippen LogP) is 1.94. The van der Waals surface area contributed by atoms with Crippen LogP contribution in [-0.4, -0.2) is 6.54 Å². The molecule has 0 bridgehead atoms. The standard InChI is InChI=1S/C10H14FN/c1-7-8(2)10(11)4-3-9(7)5-6-12/h3-4H,5-6,12H2,1-2H3. The van der Waals surface area contributed by atoms with Gasteiger partial charge in [0.05, 0.1) is 0 Å². The predicted molar refractivity (Wildman–Crippen MR) is 48.6 cm³/mol. The number of halogens is 1. The molecule has 1 aromatic rings. The maximum Gasteiger partial charge on any atom is 0.126 e. The summed E-state index contributed by atoms with van der Waals surface area (Å²) < 4.78 is 13.0. The van der Waals surface area contributed by atoms with Crippen molar-refractivity contribution in [3.05, 3.63) is 34.6 Å². The third-order valence-electron chi connectivity index (χ3n) is 2.25. The van der Waals surface area contributed by atoms with Crippen LogP contribution < -0.4 is 5.73 Å². The van der Waals surface area contributed by atoms with Crippen LogP contribution in [0.1, 0.15) is 16.7 Å². The summed E-state index contributed by atoms with van der Waals surface area (Å²) >= 11 is 0. The number of benzene rings is 1. The zero-order valence-corrected chi connectivity index (χ0v) is 7.52. The van der Waals surface area contributed by atoms with Crippen LogP contribution in [0.3, 0.4) is 0 Å². The van der Waals surface area contributed by atoms with Gasteiger partial charge in [-0.1, -0.05) is 6.07 Å². The molecule has 0 atom stereocenters. The second-order valence-electron chi connectivity index (χ2n) is 3.00. The molecular weight excluding hydrogens is 153 g/mol. The first-order chi connectivity index (χ1) is 5.66. The summed E-state index contributed by atoms with van der Waals surface area (Å²) in [6.07, 6.45) is 0.826. The van der Waals surface area contributed by atoms with Crippen molar-refractivity contribution in [3.8, 4) is 0 Å². The molecule has 1 aromatic carbocycles. The molecule has 0 aliphatic heterocycles. The van der Waals surface area contributed by atoms with Gasteiger partial charge in [-0.25, -0.2) is 4.39 Å². The first-order valence-corrected chi connectivity index (χ1v) is 4.11. The monoisotopic (exact) mass is 167 g/mol. The molecule has 2 N–H and O–H groups in total. The Morgan fingerprint density at radius 1 is 1.25 bits per heavy atom. The highest BCUT2D eigenvalue weighted by Gasteiger charge is 2.04. The fourth-order valence-electron chi connectivity index (χ4n) is 1.27. The maximum absolute atomic E-state index is 13.0. The molecule has 0 amide bonds. The average molecular weight is 167 g/mol. The quantitative estimate of drug-likeness (QED) is 0.715. The van der Waals surface area contributed by atoms with Crippen molar-refractivity contribution in [2.45, 2.75) is 20.3 Å². The van der Waals surface area contributed by atoms with Crippen molar-refractivity contribution in [1.82, 2.24) is 0 Å². The van der Waals surface area contributed by atoms with Gasteiger partial charge in [-0.15, -0.1) is 0 Å². The molecule has 1 rings (SSSR count). The largest absolute Gasteiger partial charge is 0.330 e. The number of hydrogen-bond donors (Lipinski definition) is 1. The van der Waals surface area contributed by atoms with E-state index in [0.29, 0.717) is 6.54 Å². The van der Waals surface area contributed by atoms with Gasteiger partial charge >= 0.3 is 0 Å². The van der Waals surface area contributed by atoms with Crippen LogP contribution in [-0.2, 0) is 6.42 Å². The van der Waals surface area contributed by atoms with E-state index in [1.54, 1.807) is 6.92 Å². The second-order valence-corrected chi connectivity index (χ2v) is 3.00. The molecule has 66 valence electrons. The van der Waals surface area contributed by atoms with Gasteiger partial charge in [0.2, 0.25) is 0 Å². The normalized spacial score (nSPS) is 10.3. The summed E-state index contributed by atoms with van der Waals surface area (Å²) in [6.45, 7) is 4.35. The Hall–Kier alpha value is -0.890. The topological polar surface area (TPSA) is 26.0 Å². The number of nitrogens with two attached hydrogens (primary N) is 1. The molecule has 0 aromatic heterocycles. The highest BCUT2D eigenvalue weighted by Crippen LogP contribution is 2.16. The summed E-state index contributed by atoms with van der Waals surface area (Å²) in [5.41, 5.74) is 8.34. The Kier molecular flexibility index (Phi) is 2.82. The fraction of sp³-hybridized carbons (Fsp3) is 0.400. The summed E-state index contributed by atoms with van der Waals surface area (Å²) in [7, 11) is 0. The van der Waals surface area contributed by atoms with Gasteiger partial charge in [0.25, 0.3) is 0 Å². The van der Waals surface area contributed by atoms with Crippen LogP contribution in [0.15, 0.2) is 12.1 Å². The average Bonchev–Trinajstić information content (AvgIpc) is 2.07. The zero-order chi connectivity index (χ0) is 9.14. The molecule has 0 heterocycles. The summed E-state index contributed by atoms with van der Waals surface area (Å²) in [6, 6.07) is 3.32. The lowest BCUT2D eigenvalue weighted by Gasteiger charge is -2.07. The molecule has 0 saturated heterocycles. The lowest BCUT2D eigenvalue weighted by molar-refractivity contribution is 0.615. The number of hydrogen-bond acceptors (Lipinski definition) is 1. The zero-order valence-electron chi connectivity index (χ0n) is 7.52. The van der Waals surface area contributed by atoms with Crippen molar-refractivity contribution >= 4 is 0 Å². The summed E-state index contributed by atoms with van der Waals surface area (Å²) in [5, 5.41) is 0. The molecule has 1 nitrogen and oxygen atoms in total. The van der Waals surface area contributed by atoms with Gasteiger partial charge in [0.15, 0.2) is 0 Å². The van der Waals surface area contributed by atoms with Gasteiger partial charge in [-0.3, -0.25) is 0 Å². The van der Waals surface area contributed by atoms with Gasteiger partial charge in [-0.2, -0.15) is 0 Å². The fourth-order valence-corrected chi connectivity index (χ4v) is 1.27. The molecule has 0 radical (unpaired) electrons. The minimum atomic E-state index is -0.131. The van der Waals surface area contributed by atoms with Gasteiger partial charge in [-0.05, 0) is 49.6 Å². The Balaban J connectivity index is 3.08. The molecule has 0 saturated carbocycles. The minimum Gasteiger partial charge on any atom is -0.330 e. The molecule has 0 fully saturated rings. The van der Waals surface area contributed by atoms with Gasteiger partial charge in [0.1, 0.15) is 5.82 Å². The number of rotatable bonds is 2. The molecular formula is C10H14FN. The van der Waals surface area contributed by atoms with E-state index in [2.05, 4.69) is 0 Å². The highest BCUT2D eigenvalue weighted by molar-refractivity contribution is 5.34. The Morgan fingerprint density at radius 2 is 1.92 bits per heavy atom. The maximum atomic E-state index is 13.0. The van der Waals surface area contributed by atoms with E-state index in [0.717, 1.165) is 23.1 Å². The molecule has 12 heavy (non-hydrogen) atoms. The van der Waals surface area contributed by atoms with Crippen LogP contribution in [0, 0.1) is 19.7 Å². The van der Waals surface area contributed by atoms with Crippen molar-refractivity contribution in [2.75, 3.05) is 6.54 Å². The van der Waals surface area contributed by atoms with E-state index in [1.807, 2.05) is 13.0 Å². The van der Waals surface area contributed by atoms with Crippen molar-refractivity contribution in [2.24, 2.45) is 5.73 Å². The van der Waals surface area contributed by atoms with E-state index in [4.69, 9.17) is 5.73 Å². The molecule has 0 aliphatic rings. The van der Waals surface area contributed by atoms with E-state index in [9.17, 15) is 4.39 Å². The Morgan fingerprint density at radius 3 is 2.50 bits per heavy atom. The molecule has 0 aliphatic carbocycles. The van der Waals surface area contributed by atoms with Gasteiger partial charge < -0.3 is 5.73 Å². The Labute approximate surface area is 72.4 Å². The third-order valence-corrected chi connectivity index (χ3v) is 2.25. The third kappa shape index (κ3) is 1.64. The van der Waals surface area contributed by atoms with Crippen molar-refractivity contribution in [3.63, 3.8) is 0 Å². The van der Waals surface area contributed by atoms with Crippen LogP contribution in [0.2, 0.25) is 0 Å². The summed E-state index contributed by atoms with van der Waals surface area (Å²) in [5.74, 6) is -0.131. The van der Waals surface area contributed by atoms with Crippen LogP contribution in [0.4, 0.5) is 4.39 Å². The van der Waals surface area contributed by atoms with E-state index in [1.165, 1.54) is 6.07 Å². The van der Waals surface area contributed by atoms with E-state index in [-0.39, 0.29) is 5.82 Å². The van der Waals surface area contributed by atoms with Crippen LogP contribution in [0.25, 0.3) is 0 Å². The molecule has 0 unspecified atom stereocenters. The molecule has 0 spiro atoms. The lowest BCUT2D eigenvalue weighted by atomic mass is 10.0. The van der Waals surface area contributed by atoms with E-state index >= 15 is 0 Å². The van der Waals surface area contributed by atoms with Crippen molar-refractivity contribution in [1.29, 1.82) is 0 Å². The first kappa shape index (κ1) is 9.20. The lowest BCUT2D eigenvalue weighted by Crippen LogP contribution is -2.05. The smallest absolute Gasteiger partial charge is 0.126 e. The highest BCUT2D eigenvalue weighted by atomic mass is 19.1. The van der Waals surface area contributed by atoms with Crippen molar-refractivity contribution < 1.29 is 4.39 Å². The second kappa shape index (κ2) is 3.68. The SMILES string of the molecule is Cc1c(F)ccc(CCN)c1C. The summed E-state index contributed by atoms with van der Waals surface area (Å²) in [4.78, 5) is 0. The minimum absolute atomic E-state index is 0.131. The van der Waals surface area contributed by atoms with E-state index < -0.39 is 0 Å². The first-order valence-electron chi connectivity index (χ1n) is 4.11. The van der Waals surface area contributed by atoms with Crippen LogP contribution in [0.5, 0.6) is 0 Å². The Bertz CT molecular complexity index is 281. The van der Waals surface area contributed by atoms with Crippen LogP contribution >= 0.6 is 0 Å². The molecule has 2 heteroatoms.